The van der Waals surface area contributed by atoms with Crippen molar-refractivity contribution in [2.24, 2.45) is 0 Å². The van der Waals surface area contributed by atoms with Gasteiger partial charge >= 0.3 is 0 Å². The summed E-state index contributed by atoms with van der Waals surface area (Å²) in [6, 6.07) is 20.6. The molecule has 0 aliphatic heterocycles. The highest BCUT2D eigenvalue weighted by Gasteiger charge is 2.11. The van der Waals surface area contributed by atoms with Gasteiger partial charge in [0.05, 0.1) is 0 Å². The Labute approximate surface area is 219 Å². The first-order chi connectivity index (χ1) is 16.5. The van der Waals surface area contributed by atoms with Crippen LogP contribution in [0.5, 0.6) is 0 Å². The van der Waals surface area contributed by atoms with E-state index in [4.69, 9.17) is 11.6 Å². The molecule has 3 aromatic carbocycles. The summed E-state index contributed by atoms with van der Waals surface area (Å²) in [7, 11) is 0. The maximum absolute atomic E-state index is 5.95. The first-order valence-electron chi connectivity index (χ1n) is 12.2. The number of halogens is 1. The van der Waals surface area contributed by atoms with Crippen molar-refractivity contribution in [2.45, 2.75) is 61.4 Å². The van der Waals surface area contributed by atoms with Crippen LogP contribution in [0, 0.1) is 20.8 Å². The maximum Gasteiger partial charge on any atom is 0.0475 e. The molecule has 0 bridgehead atoms. The van der Waals surface area contributed by atoms with Gasteiger partial charge in [0.25, 0.3) is 0 Å². The second-order valence-electron chi connectivity index (χ2n) is 8.97. The number of anilines is 1. The Balaban J connectivity index is 0.000000391. The second kappa shape index (κ2) is 15.1. The van der Waals surface area contributed by atoms with Gasteiger partial charge in [0.15, 0.2) is 0 Å². The van der Waals surface area contributed by atoms with Gasteiger partial charge in [-0.3, -0.25) is 0 Å². The van der Waals surface area contributed by atoms with Gasteiger partial charge in [0.2, 0.25) is 0 Å². The molecule has 3 aromatic rings. The molecular formula is C33H42ClN. The molecular weight excluding hydrogens is 446 g/mol. The van der Waals surface area contributed by atoms with Crippen LogP contribution in [0.15, 0.2) is 86.6 Å². The molecule has 0 saturated heterocycles. The van der Waals surface area contributed by atoms with Crippen molar-refractivity contribution >= 4 is 28.4 Å². The van der Waals surface area contributed by atoms with Crippen molar-refractivity contribution in [1.82, 2.24) is 0 Å². The maximum atomic E-state index is 5.95. The van der Waals surface area contributed by atoms with Gasteiger partial charge in [0, 0.05) is 17.3 Å². The fourth-order valence-electron chi connectivity index (χ4n) is 3.66. The third-order valence-corrected chi connectivity index (χ3v) is 5.66. The molecule has 0 aromatic heterocycles. The molecule has 0 heterocycles. The predicted molar refractivity (Wildman–Crippen MR) is 160 cm³/mol. The number of allylic oxidation sites excluding steroid dienone is 2. The Hall–Kier alpha value is -3.03. The largest absolute Gasteiger partial charge is 0.344 e. The van der Waals surface area contributed by atoms with Gasteiger partial charge in [-0.15, -0.1) is 0 Å². The minimum Gasteiger partial charge on any atom is -0.344 e. The number of nitrogens with zero attached hydrogens (tertiary/aromatic N) is 1. The Morgan fingerprint density at radius 3 is 1.80 bits per heavy atom. The fraction of sp³-hybridized carbons (Fsp3) is 0.273. The van der Waals surface area contributed by atoms with Crippen molar-refractivity contribution in [3.05, 3.63) is 125 Å². The fourth-order valence-corrected chi connectivity index (χ4v) is 3.78. The van der Waals surface area contributed by atoms with Crippen LogP contribution in [0.3, 0.4) is 0 Å². The molecule has 2 heteroatoms. The highest BCUT2D eigenvalue weighted by Crippen LogP contribution is 2.29. The number of hydrogen-bond donors (Lipinski definition) is 0. The van der Waals surface area contributed by atoms with Gasteiger partial charge in [-0.05, 0) is 98.5 Å². The molecule has 0 radical (unpaired) electrons. The van der Waals surface area contributed by atoms with E-state index in [1.807, 2.05) is 56.4 Å². The Morgan fingerprint density at radius 2 is 1.34 bits per heavy atom. The third-order valence-electron chi connectivity index (χ3n) is 5.40. The lowest BCUT2D eigenvalue weighted by Gasteiger charge is -2.24. The molecule has 3 rings (SSSR count). The average molecular weight is 488 g/mol. The minimum atomic E-state index is 0.756. The lowest BCUT2D eigenvalue weighted by Crippen LogP contribution is -2.16. The van der Waals surface area contributed by atoms with E-state index in [1.54, 1.807) is 0 Å². The zero-order chi connectivity index (χ0) is 26.5. The van der Waals surface area contributed by atoms with Crippen LogP contribution in [-0.2, 0) is 6.54 Å². The first kappa shape index (κ1) is 30.0. The summed E-state index contributed by atoms with van der Waals surface area (Å²) in [6.07, 6.45) is 3.12. The standard InChI is InChI=1S/C20H22ClN.C10H12.C3H8/c1-6-22(13-17-7-9-18(21)10-8-17)20-12-15(4)19(14(2)3)11-16(20)5;1-8(2)10-7-5-4-6-9(10)3;1-3-2/h6-12H,1-2,13H2,3-5H3;4-7H,1H2,2-3H3;3H2,1-2H3. The third kappa shape index (κ3) is 9.62. The molecule has 0 N–H and O–H groups in total. The lowest BCUT2D eigenvalue weighted by atomic mass is 9.98. The summed E-state index contributed by atoms with van der Waals surface area (Å²) in [6.45, 7) is 27.3. The summed E-state index contributed by atoms with van der Waals surface area (Å²) in [5.74, 6) is 0. The van der Waals surface area contributed by atoms with E-state index in [2.05, 4.69) is 83.5 Å². The number of benzene rings is 3. The van der Waals surface area contributed by atoms with E-state index in [1.165, 1.54) is 45.5 Å². The second-order valence-corrected chi connectivity index (χ2v) is 9.41. The summed E-state index contributed by atoms with van der Waals surface area (Å²) in [5, 5.41) is 0.756. The quantitative estimate of drug-likeness (QED) is 0.334. The van der Waals surface area contributed by atoms with Gasteiger partial charge < -0.3 is 4.90 Å². The van der Waals surface area contributed by atoms with Crippen molar-refractivity contribution < 1.29 is 0 Å². The van der Waals surface area contributed by atoms with Crippen LogP contribution in [0.2, 0.25) is 5.02 Å². The SMILES string of the molecule is C=C(C)c1ccccc1C.C=CN(Cc1ccc(Cl)cc1)c1cc(C)c(C(=C)C)cc1C.CCC. The number of rotatable bonds is 6. The van der Waals surface area contributed by atoms with Crippen LogP contribution in [0.4, 0.5) is 5.69 Å². The van der Waals surface area contributed by atoms with E-state index < -0.39 is 0 Å². The Kier molecular flexibility index (Phi) is 12.9. The molecule has 0 atom stereocenters. The molecule has 0 fully saturated rings. The monoisotopic (exact) mass is 487 g/mol. The molecule has 0 aliphatic rings. The molecule has 0 amide bonds. The van der Waals surface area contributed by atoms with E-state index in [0.717, 1.165) is 22.7 Å². The lowest BCUT2D eigenvalue weighted by molar-refractivity contribution is 0.961. The summed E-state index contributed by atoms with van der Waals surface area (Å²) < 4.78 is 0. The normalized spacial score (nSPS) is 9.71. The van der Waals surface area contributed by atoms with Crippen molar-refractivity contribution in [1.29, 1.82) is 0 Å². The van der Waals surface area contributed by atoms with Crippen LogP contribution in [0.1, 0.15) is 67.5 Å². The Bertz CT molecular complexity index is 1120. The zero-order valence-electron chi connectivity index (χ0n) is 22.7. The van der Waals surface area contributed by atoms with Crippen LogP contribution in [-0.4, -0.2) is 0 Å². The summed E-state index contributed by atoms with van der Waals surface area (Å²) in [4.78, 5) is 2.16. The van der Waals surface area contributed by atoms with Crippen molar-refractivity contribution in [3.63, 3.8) is 0 Å². The molecule has 0 unspecified atom stereocenters. The molecule has 35 heavy (non-hydrogen) atoms. The topological polar surface area (TPSA) is 3.24 Å². The van der Waals surface area contributed by atoms with Gasteiger partial charge in [-0.1, -0.05) is 99.2 Å². The van der Waals surface area contributed by atoms with Gasteiger partial charge in [-0.25, -0.2) is 0 Å². The van der Waals surface area contributed by atoms with Crippen LogP contribution < -0.4 is 4.90 Å². The predicted octanol–water partition coefficient (Wildman–Crippen LogP) is 10.6. The van der Waals surface area contributed by atoms with Crippen molar-refractivity contribution in [3.8, 4) is 0 Å². The Morgan fingerprint density at radius 1 is 0.800 bits per heavy atom. The molecule has 0 saturated carbocycles. The smallest absolute Gasteiger partial charge is 0.0475 e. The van der Waals surface area contributed by atoms with E-state index in [9.17, 15) is 0 Å². The molecule has 1 nitrogen and oxygen atoms in total. The molecule has 0 spiro atoms. The average Bonchev–Trinajstić information content (AvgIpc) is 2.81. The highest BCUT2D eigenvalue weighted by atomic mass is 35.5. The van der Waals surface area contributed by atoms with E-state index in [-0.39, 0.29) is 0 Å². The van der Waals surface area contributed by atoms with Gasteiger partial charge in [0.1, 0.15) is 0 Å². The number of hydrogen-bond acceptors (Lipinski definition) is 1. The minimum absolute atomic E-state index is 0.756. The zero-order valence-corrected chi connectivity index (χ0v) is 23.5. The van der Waals surface area contributed by atoms with Crippen molar-refractivity contribution in [2.75, 3.05) is 4.90 Å². The summed E-state index contributed by atoms with van der Waals surface area (Å²) in [5.41, 5.74) is 10.8. The van der Waals surface area contributed by atoms with E-state index in [0.29, 0.717) is 0 Å². The molecule has 186 valence electrons. The first-order valence-corrected chi connectivity index (χ1v) is 12.6. The number of aryl methyl sites for hydroxylation is 3. The summed E-state index contributed by atoms with van der Waals surface area (Å²) >= 11 is 5.95. The van der Waals surface area contributed by atoms with Crippen LogP contribution >= 0.6 is 11.6 Å². The van der Waals surface area contributed by atoms with E-state index >= 15 is 0 Å². The molecule has 0 aliphatic carbocycles. The van der Waals surface area contributed by atoms with Crippen LogP contribution in [0.25, 0.3) is 11.1 Å². The highest BCUT2D eigenvalue weighted by molar-refractivity contribution is 6.30. The van der Waals surface area contributed by atoms with Gasteiger partial charge in [-0.2, -0.15) is 0 Å².